The predicted molar refractivity (Wildman–Crippen MR) is 65.0 cm³/mol. The number of aryl methyl sites for hydroxylation is 1. The van der Waals surface area contributed by atoms with E-state index >= 15 is 0 Å². The number of halogens is 1. The first-order valence-electron chi connectivity index (χ1n) is 5.47. The molecule has 1 atom stereocenters. The van der Waals surface area contributed by atoms with Crippen molar-refractivity contribution in [3.8, 4) is 0 Å². The minimum atomic E-state index is -0.286. The van der Waals surface area contributed by atoms with Crippen LogP contribution in [-0.2, 0) is 0 Å². The Morgan fingerprint density at radius 3 is 2.81 bits per heavy atom. The van der Waals surface area contributed by atoms with Crippen molar-refractivity contribution in [2.24, 2.45) is 0 Å². The van der Waals surface area contributed by atoms with E-state index in [1.165, 1.54) is 6.07 Å². The fourth-order valence-electron chi connectivity index (χ4n) is 1.56. The van der Waals surface area contributed by atoms with Crippen molar-refractivity contribution in [3.05, 3.63) is 23.5 Å². The van der Waals surface area contributed by atoms with E-state index in [2.05, 4.69) is 5.32 Å². The van der Waals surface area contributed by atoms with Gasteiger partial charge in [-0.25, -0.2) is 4.39 Å². The lowest BCUT2D eigenvalue weighted by atomic mass is 10.1. The van der Waals surface area contributed by atoms with Crippen molar-refractivity contribution in [1.29, 1.82) is 0 Å². The molecule has 1 aromatic carbocycles. The van der Waals surface area contributed by atoms with Crippen molar-refractivity contribution < 1.29 is 9.50 Å². The number of nitrogen functional groups attached to an aromatic ring is 1. The maximum atomic E-state index is 13.2. The van der Waals surface area contributed by atoms with Gasteiger partial charge in [0.2, 0.25) is 0 Å². The third-order valence-electron chi connectivity index (χ3n) is 2.53. The third kappa shape index (κ3) is 3.38. The van der Waals surface area contributed by atoms with E-state index in [-0.39, 0.29) is 18.5 Å². The quantitative estimate of drug-likeness (QED) is 0.675. The molecule has 1 rings (SSSR count). The molecule has 0 heterocycles. The average molecular weight is 226 g/mol. The van der Waals surface area contributed by atoms with Crippen molar-refractivity contribution in [3.63, 3.8) is 0 Å². The van der Waals surface area contributed by atoms with Gasteiger partial charge < -0.3 is 16.2 Å². The summed E-state index contributed by atoms with van der Waals surface area (Å²) in [4.78, 5) is 0. The van der Waals surface area contributed by atoms with Gasteiger partial charge >= 0.3 is 0 Å². The molecule has 0 spiro atoms. The Hall–Kier alpha value is -1.29. The van der Waals surface area contributed by atoms with Crippen LogP contribution in [-0.4, -0.2) is 17.8 Å². The van der Waals surface area contributed by atoms with Crippen LogP contribution in [0, 0.1) is 12.7 Å². The number of hydrogen-bond acceptors (Lipinski definition) is 3. The summed E-state index contributed by atoms with van der Waals surface area (Å²) in [6.45, 7) is 3.90. The Balaban J connectivity index is 2.69. The molecule has 4 heteroatoms. The van der Waals surface area contributed by atoms with E-state index in [1.807, 2.05) is 6.92 Å². The summed E-state index contributed by atoms with van der Waals surface area (Å²) < 4.78 is 13.2. The van der Waals surface area contributed by atoms with Crippen LogP contribution in [0.2, 0.25) is 0 Å². The molecule has 0 saturated heterocycles. The Morgan fingerprint density at radius 2 is 2.19 bits per heavy atom. The highest BCUT2D eigenvalue weighted by atomic mass is 19.1. The number of benzene rings is 1. The summed E-state index contributed by atoms with van der Waals surface area (Å²) in [5.41, 5.74) is 7.46. The van der Waals surface area contributed by atoms with Crippen LogP contribution < -0.4 is 11.1 Å². The first-order chi connectivity index (χ1) is 7.54. The monoisotopic (exact) mass is 226 g/mol. The summed E-state index contributed by atoms with van der Waals surface area (Å²) in [5, 5.41) is 11.9. The lowest BCUT2D eigenvalue weighted by Crippen LogP contribution is -2.16. The fourth-order valence-corrected chi connectivity index (χ4v) is 1.56. The molecule has 0 aliphatic heterocycles. The molecular formula is C12H19FN2O. The second-order valence-corrected chi connectivity index (χ2v) is 4.10. The molecule has 0 amide bonds. The number of nitrogens with two attached hydrogens (primary N) is 1. The van der Waals surface area contributed by atoms with Crippen molar-refractivity contribution in [2.45, 2.75) is 32.7 Å². The van der Waals surface area contributed by atoms with E-state index in [9.17, 15) is 4.39 Å². The zero-order valence-corrected chi connectivity index (χ0v) is 9.76. The molecule has 0 saturated carbocycles. The second-order valence-electron chi connectivity index (χ2n) is 4.10. The molecule has 0 fully saturated rings. The highest BCUT2D eigenvalue weighted by Crippen LogP contribution is 2.23. The fraction of sp³-hybridized carbons (Fsp3) is 0.500. The van der Waals surface area contributed by atoms with Crippen LogP contribution in [0.4, 0.5) is 15.8 Å². The third-order valence-corrected chi connectivity index (χ3v) is 2.53. The molecule has 0 aliphatic carbocycles. The van der Waals surface area contributed by atoms with Crippen LogP contribution in [0.3, 0.4) is 0 Å². The molecule has 0 bridgehead atoms. The van der Waals surface area contributed by atoms with Gasteiger partial charge in [0.25, 0.3) is 0 Å². The van der Waals surface area contributed by atoms with Gasteiger partial charge in [-0.2, -0.15) is 0 Å². The summed E-state index contributed by atoms with van der Waals surface area (Å²) in [6.07, 6.45) is 1.60. The minimum Gasteiger partial charge on any atom is -0.397 e. The highest BCUT2D eigenvalue weighted by molar-refractivity contribution is 5.67. The highest BCUT2D eigenvalue weighted by Gasteiger charge is 2.07. The van der Waals surface area contributed by atoms with Crippen molar-refractivity contribution >= 4 is 11.4 Å². The molecule has 1 aromatic rings. The molecular weight excluding hydrogens is 207 g/mol. The Kier molecular flexibility index (Phi) is 4.55. The summed E-state index contributed by atoms with van der Waals surface area (Å²) in [6, 6.07) is 3.25. The van der Waals surface area contributed by atoms with E-state index in [1.54, 1.807) is 13.0 Å². The first-order valence-corrected chi connectivity index (χ1v) is 5.47. The van der Waals surface area contributed by atoms with Gasteiger partial charge in [-0.05, 0) is 44.4 Å². The average Bonchev–Trinajstić information content (AvgIpc) is 2.23. The number of aliphatic hydroxyl groups is 1. The second kappa shape index (κ2) is 5.70. The first kappa shape index (κ1) is 12.8. The SMILES string of the molecule is Cc1cc(NC(C)CCCO)c(N)cc1F. The molecule has 90 valence electrons. The van der Waals surface area contributed by atoms with Crippen LogP contribution >= 0.6 is 0 Å². The number of aliphatic hydroxyl groups excluding tert-OH is 1. The number of anilines is 2. The van der Waals surface area contributed by atoms with E-state index in [0.29, 0.717) is 11.3 Å². The van der Waals surface area contributed by atoms with E-state index in [4.69, 9.17) is 10.8 Å². The largest absolute Gasteiger partial charge is 0.397 e. The van der Waals surface area contributed by atoms with Gasteiger partial charge in [-0.15, -0.1) is 0 Å². The summed E-state index contributed by atoms with van der Waals surface area (Å²) in [7, 11) is 0. The normalized spacial score (nSPS) is 12.5. The van der Waals surface area contributed by atoms with Crippen LogP contribution in [0.15, 0.2) is 12.1 Å². The topological polar surface area (TPSA) is 58.3 Å². The molecule has 0 aliphatic rings. The molecule has 0 radical (unpaired) electrons. The Morgan fingerprint density at radius 1 is 1.50 bits per heavy atom. The van der Waals surface area contributed by atoms with Crippen LogP contribution in [0.5, 0.6) is 0 Å². The van der Waals surface area contributed by atoms with Gasteiger partial charge in [0, 0.05) is 12.6 Å². The van der Waals surface area contributed by atoms with Gasteiger partial charge in [0.1, 0.15) is 5.82 Å². The summed E-state index contributed by atoms with van der Waals surface area (Å²) in [5.74, 6) is -0.286. The number of hydrogen-bond donors (Lipinski definition) is 3. The van der Waals surface area contributed by atoms with Crippen molar-refractivity contribution in [2.75, 3.05) is 17.7 Å². The smallest absolute Gasteiger partial charge is 0.128 e. The maximum Gasteiger partial charge on any atom is 0.128 e. The molecule has 0 aromatic heterocycles. The number of rotatable bonds is 5. The van der Waals surface area contributed by atoms with Crippen LogP contribution in [0.25, 0.3) is 0 Å². The maximum absolute atomic E-state index is 13.2. The summed E-state index contributed by atoms with van der Waals surface area (Å²) >= 11 is 0. The minimum absolute atomic E-state index is 0.184. The predicted octanol–water partition coefficient (Wildman–Crippen LogP) is 2.29. The molecule has 1 unspecified atom stereocenters. The lowest BCUT2D eigenvalue weighted by molar-refractivity contribution is 0.282. The Bertz CT molecular complexity index is 355. The lowest BCUT2D eigenvalue weighted by Gasteiger charge is -2.17. The van der Waals surface area contributed by atoms with Crippen molar-refractivity contribution in [1.82, 2.24) is 0 Å². The Labute approximate surface area is 95.5 Å². The van der Waals surface area contributed by atoms with Crippen LogP contribution in [0.1, 0.15) is 25.3 Å². The van der Waals surface area contributed by atoms with Gasteiger partial charge in [0.05, 0.1) is 11.4 Å². The van der Waals surface area contributed by atoms with Gasteiger partial charge in [-0.3, -0.25) is 0 Å². The van der Waals surface area contributed by atoms with Gasteiger partial charge in [-0.1, -0.05) is 0 Å². The molecule has 4 N–H and O–H groups in total. The molecule has 3 nitrogen and oxygen atoms in total. The van der Waals surface area contributed by atoms with Gasteiger partial charge in [0.15, 0.2) is 0 Å². The van der Waals surface area contributed by atoms with E-state index < -0.39 is 0 Å². The standard InChI is InChI=1S/C12H19FN2O/c1-8-6-12(11(14)7-10(8)13)15-9(2)4-3-5-16/h6-7,9,15-16H,3-5,14H2,1-2H3. The number of nitrogens with one attached hydrogen (secondary N) is 1. The molecule has 16 heavy (non-hydrogen) atoms. The van der Waals surface area contributed by atoms with E-state index in [0.717, 1.165) is 18.5 Å². The zero-order valence-electron chi connectivity index (χ0n) is 9.76. The zero-order chi connectivity index (χ0) is 12.1.